The summed E-state index contributed by atoms with van der Waals surface area (Å²) in [6, 6.07) is 8.27. The van der Waals surface area contributed by atoms with E-state index in [-0.39, 0.29) is 6.04 Å². The summed E-state index contributed by atoms with van der Waals surface area (Å²) in [5, 5.41) is 13.6. The molecule has 0 radical (unpaired) electrons. The zero-order chi connectivity index (χ0) is 12.0. The van der Waals surface area contributed by atoms with Crippen LogP contribution in [0.1, 0.15) is 43.9 Å². The summed E-state index contributed by atoms with van der Waals surface area (Å²) in [6.07, 6.45) is 1.63. The Kier molecular flexibility index (Phi) is 5.50. The Hall–Kier alpha value is -0.860. The van der Waals surface area contributed by atoms with Crippen LogP contribution in [0, 0.1) is 6.92 Å². The van der Waals surface area contributed by atoms with Crippen LogP contribution in [0.4, 0.5) is 0 Å². The minimum absolute atomic E-state index is 0.155. The normalized spacial score (nSPS) is 14.8. The van der Waals surface area contributed by atoms with Gasteiger partial charge in [-0.2, -0.15) is 0 Å². The molecule has 0 aromatic heterocycles. The number of hydrogen-bond donors (Lipinski definition) is 2. The van der Waals surface area contributed by atoms with Gasteiger partial charge in [-0.05, 0) is 31.9 Å². The van der Waals surface area contributed by atoms with E-state index >= 15 is 0 Å². The van der Waals surface area contributed by atoms with Crippen LogP contribution in [-0.2, 0) is 0 Å². The number of aliphatic hydroxyl groups is 1. The van der Waals surface area contributed by atoms with Crippen LogP contribution in [0.25, 0.3) is 0 Å². The maximum Gasteiger partial charge on any atom is 0.0942 e. The Bertz CT molecular complexity index is 294. The molecule has 0 saturated heterocycles. The fraction of sp³-hybridized carbons (Fsp3) is 0.571. The molecule has 0 fully saturated rings. The zero-order valence-electron chi connectivity index (χ0n) is 10.5. The number of aryl methyl sites for hydroxylation is 1. The Labute approximate surface area is 98.7 Å². The standard InChI is InChI=1S/C14H23NO/c1-4-10-15-13(5-2)14(16)12-8-6-11(3)7-9-12/h6-9,13-16H,4-5,10H2,1-3H3. The van der Waals surface area contributed by atoms with Gasteiger partial charge in [0.25, 0.3) is 0 Å². The van der Waals surface area contributed by atoms with Crippen LogP contribution in [-0.4, -0.2) is 17.7 Å². The lowest BCUT2D eigenvalue weighted by Gasteiger charge is -2.23. The van der Waals surface area contributed by atoms with Gasteiger partial charge in [-0.1, -0.05) is 43.7 Å². The van der Waals surface area contributed by atoms with Gasteiger partial charge >= 0.3 is 0 Å². The van der Waals surface area contributed by atoms with Crippen molar-refractivity contribution in [1.29, 1.82) is 0 Å². The van der Waals surface area contributed by atoms with Crippen molar-refractivity contribution in [3.8, 4) is 0 Å². The van der Waals surface area contributed by atoms with E-state index in [1.807, 2.05) is 24.3 Å². The summed E-state index contributed by atoms with van der Waals surface area (Å²) in [4.78, 5) is 0. The van der Waals surface area contributed by atoms with Crippen molar-refractivity contribution in [3.63, 3.8) is 0 Å². The van der Waals surface area contributed by atoms with Crippen LogP contribution >= 0.6 is 0 Å². The van der Waals surface area contributed by atoms with Crippen LogP contribution in [0.2, 0.25) is 0 Å². The molecule has 0 aliphatic carbocycles. The molecule has 2 atom stereocenters. The van der Waals surface area contributed by atoms with Crippen LogP contribution in [0.5, 0.6) is 0 Å². The smallest absolute Gasteiger partial charge is 0.0942 e. The van der Waals surface area contributed by atoms with Gasteiger partial charge in [-0.15, -0.1) is 0 Å². The predicted molar refractivity (Wildman–Crippen MR) is 68.5 cm³/mol. The summed E-state index contributed by atoms with van der Waals surface area (Å²) in [5.41, 5.74) is 2.23. The third kappa shape index (κ3) is 3.62. The summed E-state index contributed by atoms with van der Waals surface area (Å²) in [7, 11) is 0. The quantitative estimate of drug-likeness (QED) is 0.774. The van der Waals surface area contributed by atoms with Crippen LogP contribution in [0.3, 0.4) is 0 Å². The highest BCUT2D eigenvalue weighted by Crippen LogP contribution is 2.19. The van der Waals surface area contributed by atoms with Crippen molar-refractivity contribution >= 4 is 0 Å². The highest BCUT2D eigenvalue weighted by molar-refractivity contribution is 5.24. The third-order valence-corrected chi connectivity index (χ3v) is 2.90. The monoisotopic (exact) mass is 221 g/mol. The number of rotatable bonds is 6. The molecule has 0 bridgehead atoms. The number of benzene rings is 1. The molecule has 1 aromatic rings. The molecule has 1 aromatic carbocycles. The molecule has 0 aliphatic rings. The first-order chi connectivity index (χ1) is 7.69. The Morgan fingerprint density at radius 3 is 2.31 bits per heavy atom. The predicted octanol–water partition coefficient (Wildman–Crippen LogP) is 2.81. The first-order valence-electron chi connectivity index (χ1n) is 6.17. The van der Waals surface area contributed by atoms with Gasteiger partial charge < -0.3 is 10.4 Å². The fourth-order valence-corrected chi connectivity index (χ4v) is 1.80. The molecule has 0 heterocycles. The molecular weight excluding hydrogens is 198 g/mol. The molecule has 2 unspecified atom stereocenters. The highest BCUT2D eigenvalue weighted by atomic mass is 16.3. The van der Waals surface area contributed by atoms with E-state index in [9.17, 15) is 5.11 Å². The molecule has 2 heteroatoms. The maximum absolute atomic E-state index is 10.2. The SMILES string of the molecule is CCCNC(CC)C(O)c1ccc(C)cc1. The van der Waals surface area contributed by atoms with E-state index < -0.39 is 6.10 Å². The minimum atomic E-state index is -0.405. The van der Waals surface area contributed by atoms with E-state index in [1.165, 1.54) is 5.56 Å². The number of aliphatic hydroxyl groups excluding tert-OH is 1. The zero-order valence-corrected chi connectivity index (χ0v) is 10.5. The van der Waals surface area contributed by atoms with E-state index in [0.717, 1.165) is 24.9 Å². The van der Waals surface area contributed by atoms with Gasteiger partial charge in [0.1, 0.15) is 0 Å². The lowest BCUT2D eigenvalue weighted by Crippen LogP contribution is -2.34. The molecular formula is C14H23NO. The summed E-state index contributed by atoms with van der Waals surface area (Å²) in [5.74, 6) is 0. The summed E-state index contributed by atoms with van der Waals surface area (Å²) in [6.45, 7) is 7.26. The second-order valence-electron chi connectivity index (χ2n) is 4.32. The van der Waals surface area contributed by atoms with E-state index in [4.69, 9.17) is 0 Å². The second kappa shape index (κ2) is 6.66. The van der Waals surface area contributed by atoms with Crippen molar-refractivity contribution in [2.45, 2.75) is 45.8 Å². The summed E-state index contributed by atoms with van der Waals surface area (Å²) >= 11 is 0. The van der Waals surface area contributed by atoms with Gasteiger partial charge in [0.2, 0.25) is 0 Å². The molecule has 16 heavy (non-hydrogen) atoms. The van der Waals surface area contributed by atoms with Gasteiger partial charge in [0, 0.05) is 6.04 Å². The molecule has 0 saturated carbocycles. The molecule has 0 spiro atoms. The number of nitrogens with one attached hydrogen (secondary N) is 1. The fourth-order valence-electron chi connectivity index (χ4n) is 1.80. The van der Waals surface area contributed by atoms with Gasteiger partial charge in [-0.3, -0.25) is 0 Å². The lowest BCUT2D eigenvalue weighted by molar-refractivity contribution is 0.126. The molecule has 1 rings (SSSR count). The Morgan fingerprint density at radius 2 is 1.81 bits per heavy atom. The average Bonchev–Trinajstić information content (AvgIpc) is 2.30. The molecule has 2 nitrogen and oxygen atoms in total. The minimum Gasteiger partial charge on any atom is -0.387 e. The van der Waals surface area contributed by atoms with E-state index in [0.29, 0.717) is 0 Å². The maximum atomic E-state index is 10.2. The summed E-state index contributed by atoms with van der Waals surface area (Å²) < 4.78 is 0. The van der Waals surface area contributed by atoms with E-state index in [1.54, 1.807) is 0 Å². The third-order valence-electron chi connectivity index (χ3n) is 2.90. The van der Waals surface area contributed by atoms with Crippen LogP contribution in [0.15, 0.2) is 24.3 Å². The largest absolute Gasteiger partial charge is 0.387 e. The Balaban J connectivity index is 2.66. The first-order valence-corrected chi connectivity index (χ1v) is 6.17. The average molecular weight is 221 g/mol. The number of hydrogen-bond acceptors (Lipinski definition) is 2. The molecule has 0 aliphatic heterocycles. The van der Waals surface area contributed by atoms with Gasteiger partial charge in [0.15, 0.2) is 0 Å². The van der Waals surface area contributed by atoms with E-state index in [2.05, 4.69) is 26.1 Å². The van der Waals surface area contributed by atoms with Gasteiger partial charge in [0.05, 0.1) is 6.10 Å². The lowest BCUT2D eigenvalue weighted by atomic mass is 9.99. The van der Waals surface area contributed by atoms with Crippen molar-refractivity contribution < 1.29 is 5.11 Å². The topological polar surface area (TPSA) is 32.3 Å². The van der Waals surface area contributed by atoms with Crippen molar-refractivity contribution in [2.75, 3.05) is 6.54 Å². The van der Waals surface area contributed by atoms with Crippen molar-refractivity contribution in [1.82, 2.24) is 5.32 Å². The Morgan fingerprint density at radius 1 is 1.19 bits per heavy atom. The van der Waals surface area contributed by atoms with Crippen LogP contribution < -0.4 is 5.32 Å². The van der Waals surface area contributed by atoms with Gasteiger partial charge in [-0.25, -0.2) is 0 Å². The second-order valence-corrected chi connectivity index (χ2v) is 4.32. The van der Waals surface area contributed by atoms with Crippen molar-refractivity contribution in [3.05, 3.63) is 35.4 Å². The van der Waals surface area contributed by atoms with Crippen molar-refractivity contribution in [2.24, 2.45) is 0 Å². The molecule has 0 amide bonds. The molecule has 2 N–H and O–H groups in total. The first kappa shape index (κ1) is 13.2. The highest BCUT2D eigenvalue weighted by Gasteiger charge is 2.17. The molecule has 90 valence electrons.